The summed E-state index contributed by atoms with van der Waals surface area (Å²) in [4.78, 5) is 0. The highest BCUT2D eigenvalue weighted by Gasteiger charge is 2.12. The molecule has 0 aromatic heterocycles. The maximum Gasteiger partial charge on any atom is 0.0322 e. The minimum absolute atomic E-state index is 0.512. The first kappa shape index (κ1) is 14.6. The second kappa shape index (κ2) is 8.60. The van der Waals surface area contributed by atoms with Crippen LogP contribution in [0.1, 0.15) is 44.7 Å². The van der Waals surface area contributed by atoms with E-state index < -0.39 is 0 Å². The Hall–Kier alpha value is -0.470. The first-order valence-corrected chi connectivity index (χ1v) is 7.97. The van der Waals surface area contributed by atoms with Gasteiger partial charge >= 0.3 is 0 Å². The molecule has 1 aromatic carbocycles. The van der Waals surface area contributed by atoms with Crippen LogP contribution in [-0.2, 0) is 0 Å². The van der Waals surface area contributed by atoms with Crippen LogP contribution in [0.25, 0.3) is 0 Å². The summed E-state index contributed by atoms with van der Waals surface area (Å²) in [6, 6.07) is 11.9. The van der Waals surface area contributed by atoms with Gasteiger partial charge < -0.3 is 5.32 Å². The van der Waals surface area contributed by atoms with Crippen LogP contribution in [0.5, 0.6) is 0 Å². The fraction of sp³-hybridized carbons (Fsp3) is 0.600. The lowest BCUT2D eigenvalue weighted by Crippen LogP contribution is -2.31. The van der Waals surface area contributed by atoms with E-state index >= 15 is 0 Å². The lowest BCUT2D eigenvalue weighted by atomic mass is 10.0. The molecule has 1 rings (SSSR count). The standard InChI is InChI=1S/C15H25NS/c1-4-8-15(14-9-6-5-7-10-14)16-13(2)11-12-17-3/h5-7,9-10,13,15-16H,4,8,11-12H2,1-3H3. The fourth-order valence-electron chi connectivity index (χ4n) is 2.04. The van der Waals surface area contributed by atoms with Crippen molar-refractivity contribution in [2.75, 3.05) is 12.0 Å². The van der Waals surface area contributed by atoms with Gasteiger partial charge in [0.15, 0.2) is 0 Å². The minimum Gasteiger partial charge on any atom is -0.307 e. The van der Waals surface area contributed by atoms with Gasteiger partial charge in [0.25, 0.3) is 0 Å². The van der Waals surface area contributed by atoms with Crippen LogP contribution in [0, 0.1) is 0 Å². The van der Waals surface area contributed by atoms with E-state index in [0.717, 1.165) is 0 Å². The summed E-state index contributed by atoms with van der Waals surface area (Å²) in [6.07, 6.45) is 5.86. The summed E-state index contributed by atoms with van der Waals surface area (Å²) in [5, 5.41) is 3.76. The monoisotopic (exact) mass is 251 g/mol. The van der Waals surface area contributed by atoms with E-state index in [1.165, 1.54) is 30.6 Å². The molecule has 0 saturated carbocycles. The van der Waals surface area contributed by atoms with Gasteiger partial charge in [-0.25, -0.2) is 0 Å². The highest BCUT2D eigenvalue weighted by atomic mass is 32.2. The van der Waals surface area contributed by atoms with Crippen LogP contribution in [0.3, 0.4) is 0 Å². The Kier molecular flexibility index (Phi) is 7.38. The largest absolute Gasteiger partial charge is 0.307 e. The van der Waals surface area contributed by atoms with E-state index in [1.54, 1.807) is 0 Å². The Morgan fingerprint density at radius 2 is 1.88 bits per heavy atom. The van der Waals surface area contributed by atoms with E-state index in [4.69, 9.17) is 0 Å². The van der Waals surface area contributed by atoms with Crippen molar-refractivity contribution in [2.45, 2.75) is 45.2 Å². The van der Waals surface area contributed by atoms with Crippen molar-refractivity contribution in [2.24, 2.45) is 0 Å². The predicted octanol–water partition coefficient (Wildman–Crippen LogP) is 4.26. The lowest BCUT2D eigenvalue weighted by Gasteiger charge is -2.23. The third kappa shape index (κ3) is 5.60. The average molecular weight is 251 g/mol. The topological polar surface area (TPSA) is 12.0 Å². The first-order valence-electron chi connectivity index (χ1n) is 6.57. The van der Waals surface area contributed by atoms with Crippen LogP contribution < -0.4 is 5.32 Å². The summed E-state index contributed by atoms with van der Waals surface area (Å²) in [5.74, 6) is 1.24. The predicted molar refractivity (Wildman–Crippen MR) is 79.7 cm³/mol. The van der Waals surface area contributed by atoms with E-state index in [0.29, 0.717) is 12.1 Å². The number of hydrogen-bond acceptors (Lipinski definition) is 2. The highest BCUT2D eigenvalue weighted by Crippen LogP contribution is 2.19. The number of nitrogens with one attached hydrogen (secondary N) is 1. The van der Waals surface area contributed by atoms with Gasteiger partial charge in [-0.1, -0.05) is 43.7 Å². The second-order valence-electron chi connectivity index (χ2n) is 4.60. The van der Waals surface area contributed by atoms with Crippen LogP contribution in [0.15, 0.2) is 30.3 Å². The van der Waals surface area contributed by atoms with E-state index in [1.807, 2.05) is 11.8 Å². The number of benzene rings is 1. The maximum absolute atomic E-state index is 3.76. The van der Waals surface area contributed by atoms with Gasteiger partial charge in [-0.05, 0) is 37.3 Å². The average Bonchev–Trinajstić information content (AvgIpc) is 2.37. The Balaban J connectivity index is 2.54. The number of hydrogen-bond donors (Lipinski definition) is 1. The SMILES string of the molecule is CCCC(NC(C)CCSC)c1ccccc1. The molecular weight excluding hydrogens is 226 g/mol. The zero-order valence-electron chi connectivity index (χ0n) is 11.3. The first-order chi connectivity index (χ1) is 8.27. The molecule has 96 valence electrons. The quantitative estimate of drug-likeness (QED) is 0.741. The van der Waals surface area contributed by atoms with Crippen LogP contribution in [0.2, 0.25) is 0 Å². The van der Waals surface area contributed by atoms with Crippen molar-refractivity contribution >= 4 is 11.8 Å². The van der Waals surface area contributed by atoms with Gasteiger partial charge in [0.1, 0.15) is 0 Å². The molecular formula is C15H25NS. The third-order valence-corrected chi connectivity index (χ3v) is 3.66. The van der Waals surface area contributed by atoms with Crippen LogP contribution in [-0.4, -0.2) is 18.1 Å². The summed E-state index contributed by atoms with van der Waals surface area (Å²) < 4.78 is 0. The summed E-state index contributed by atoms with van der Waals surface area (Å²) >= 11 is 1.93. The van der Waals surface area contributed by atoms with Crippen molar-refractivity contribution < 1.29 is 0 Å². The van der Waals surface area contributed by atoms with Gasteiger partial charge in [-0.3, -0.25) is 0 Å². The normalized spacial score (nSPS) is 14.5. The van der Waals surface area contributed by atoms with Crippen LogP contribution >= 0.6 is 11.8 Å². The van der Waals surface area contributed by atoms with Gasteiger partial charge in [0, 0.05) is 12.1 Å². The van der Waals surface area contributed by atoms with Crippen molar-refractivity contribution in [3.8, 4) is 0 Å². The fourth-order valence-corrected chi connectivity index (χ4v) is 2.63. The molecule has 0 bridgehead atoms. The van der Waals surface area contributed by atoms with Gasteiger partial charge in [-0.2, -0.15) is 11.8 Å². The molecule has 0 aliphatic rings. The molecule has 0 spiro atoms. The second-order valence-corrected chi connectivity index (χ2v) is 5.59. The molecule has 0 radical (unpaired) electrons. The number of thioether (sulfide) groups is 1. The van der Waals surface area contributed by atoms with E-state index in [-0.39, 0.29) is 0 Å². The molecule has 0 amide bonds. The molecule has 0 aliphatic heterocycles. The molecule has 1 aromatic rings. The van der Waals surface area contributed by atoms with Crippen molar-refractivity contribution in [3.05, 3.63) is 35.9 Å². The van der Waals surface area contributed by atoms with Gasteiger partial charge in [0.2, 0.25) is 0 Å². The van der Waals surface area contributed by atoms with Crippen molar-refractivity contribution in [3.63, 3.8) is 0 Å². The third-order valence-electron chi connectivity index (χ3n) is 3.02. The highest BCUT2D eigenvalue weighted by molar-refractivity contribution is 7.98. The molecule has 0 aliphatic carbocycles. The Morgan fingerprint density at radius 1 is 1.18 bits per heavy atom. The molecule has 17 heavy (non-hydrogen) atoms. The molecule has 2 unspecified atom stereocenters. The lowest BCUT2D eigenvalue weighted by molar-refractivity contribution is 0.425. The van der Waals surface area contributed by atoms with Crippen molar-refractivity contribution in [1.29, 1.82) is 0 Å². The Morgan fingerprint density at radius 3 is 2.47 bits per heavy atom. The molecule has 0 heterocycles. The number of rotatable bonds is 8. The molecule has 2 heteroatoms. The van der Waals surface area contributed by atoms with Crippen LogP contribution in [0.4, 0.5) is 0 Å². The summed E-state index contributed by atoms with van der Waals surface area (Å²) in [6.45, 7) is 4.55. The minimum atomic E-state index is 0.512. The molecule has 0 saturated heterocycles. The maximum atomic E-state index is 3.76. The van der Waals surface area contributed by atoms with E-state index in [9.17, 15) is 0 Å². The summed E-state index contributed by atoms with van der Waals surface area (Å²) in [5.41, 5.74) is 1.42. The molecule has 1 nitrogen and oxygen atoms in total. The van der Waals surface area contributed by atoms with Gasteiger partial charge in [-0.15, -0.1) is 0 Å². The Bertz CT molecular complexity index is 286. The zero-order chi connectivity index (χ0) is 12.5. The molecule has 1 N–H and O–H groups in total. The molecule has 0 fully saturated rings. The smallest absolute Gasteiger partial charge is 0.0322 e. The summed E-state index contributed by atoms with van der Waals surface area (Å²) in [7, 11) is 0. The van der Waals surface area contributed by atoms with E-state index in [2.05, 4.69) is 55.8 Å². The molecule has 2 atom stereocenters. The van der Waals surface area contributed by atoms with Gasteiger partial charge in [0.05, 0.1) is 0 Å². The Labute approximate surface area is 110 Å². The van der Waals surface area contributed by atoms with Crippen molar-refractivity contribution in [1.82, 2.24) is 5.32 Å². The zero-order valence-corrected chi connectivity index (χ0v) is 12.1.